The molecular weight excluding hydrogens is 254 g/mol. The van der Waals surface area contributed by atoms with Crippen LogP contribution in [0.25, 0.3) is 11.0 Å². The van der Waals surface area contributed by atoms with Gasteiger partial charge in [0.25, 0.3) is 0 Å². The Bertz CT molecular complexity index is 560. The number of para-hydroxylation sites is 1. The molecule has 1 heterocycles. The molecule has 0 aliphatic heterocycles. The van der Waals surface area contributed by atoms with Crippen molar-refractivity contribution in [2.45, 2.75) is 32.0 Å². The normalized spacial score (nSPS) is 15.1. The summed E-state index contributed by atoms with van der Waals surface area (Å²) in [6, 6.07) is 8.81. The van der Waals surface area contributed by atoms with Crippen LogP contribution in [0.5, 0.6) is 0 Å². The Balaban J connectivity index is 1.75. The number of benzene rings is 1. The number of fused-ring (bicyclic) bond motifs is 1. The first kappa shape index (κ1) is 13.6. The van der Waals surface area contributed by atoms with E-state index in [1.54, 1.807) is 7.11 Å². The lowest BCUT2D eigenvalue weighted by molar-refractivity contribution is 0.0614. The molecule has 4 heteroatoms. The van der Waals surface area contributed by atoms with Gasteiger partial charge in [-0.05, 0) is 18.9 Å². The number of hydrogen-bond acceptors (Lipinski definition) is 4. The number of hydrogen-bond donors (Lipinski definition) is 1. The van der Waals surface area contributed by atoms with Crippen LogP contribution in [0.2, 0.25) is 0 Å². The van der Waals surface area contributed by atoms with E-state index in [2.05, 4.69) is 11.4 Å². The molecule has 4 nitrogen and oxygen atoms in total. The van der Waals surface area contributed by atoms with Gasteiger partial charge in [0, 0.05) is 24.1 Å². The molecule has 0 bridgehead atoms. The largest absolute Gasteiger partial charge is 0.459 e. The third-order valence-electron chi connectivity index (χ3n) is 3.59. The molecule has 1 aromatic carbocycles. The summed E-state index contributed by atoms with van der Waals surface area (Å²) in [5, 5.41) is 4.65. The van der Waals surface area contributed by atoms with Crippen LogP contribution in [-0.2, 0) is 22.6 Å². The standard InChI is InChI=1S/C16H21NO3/c1-18-8-9-19-11-14-13-4-2-3-5-15(13)20-16(14)10-17-12-6-7-12/h2-5,12,17H,6-11H2,1H3. The van der Waals surface area contributed by atoms with Crippen molar-refractivity contribution in [1.29, 1.82) is 0 Å². The zero-order valence-corrected chi connectivity index (χ0v) is 11.9. The quantitative estimate of drug-likeness (QED) is 0.752. The first-order valence-corrected chi connectivity index (χ1v) is 7.18. The average molecular weight is 275 g/mol. The Morgan fingerprint density at radius 3 is 2.90 bits per heavy atom. The molecule has 20 heavy (non-hydrogen) atoms. The van der Waals surface area contributed by atoms with Crippen molar-refractivity contribution < 1.29 is 13.9 Å². The van der Waals surface area contributed by atoms with Gasteiger partial charge in [-0.1, -0.05) is 18.2 Å². The highest BCUT2D eigenvalue weighted by Crippen LogP contribution is 2.27. The lowest BCUT2D eigenvalue weighted by Crippen LogP contribution is -2.16. The van der Waals surface area contributed by atoms with Crippen LogP contribution in [0.1, 0.15) is 24.2 Å². The second-order valence-electron chi connectivity index (χ2n) is 5.20. The third-order valence-corrected chi connectivity index (χ3v) is 3.59. The Hall–Kier alpha value is -1.36. The summed E-state index contributed by atoms with van der Waals surface area (Å²) in [5.41, 5.74) is 2.09. The molecule has 1 aliphatic carbocycles. The number of nitrogens with one attached hydrogen (secondary N) is 1. The van der Waals surface area contributed by atoms with E-state index in [1.807, 2.05) is 18.2 Å². The topological polar surface area (TPSA) is 43.6 Å². The minimum absolute atomic E-state index is 0.571. The van der Waals surface area contributed by atoms with Gasteiger partial charge in [0.2, 0.25) is 0 Å². The van der Waals surface area contributed by atoms with E-state index >= 15 is 0 Å². The van der Waals surface area contributed by atoms with Gasteiger partial charge in [-0.2, -0.15) is 0 Å². The highest BCUT2D eigenvalue weighted by molar-refractivity contribution is 5.82. The molecule has 2 aromatic rings. The first-order chi connectivity index (χ1) is 9.88. The van der Waals surface area contributed by atoms with Gasteiger partial charge in [-0.15, -0.1) is 0 Å². The smallest absolute Gasteiger partial charge is 0.134 e. The molecule has 3 rings (SSSR count). The number of ether oxygens (including phenoxy) is 2. The zero-order chi connectivity index (χ0) is 13.8. The maximum absolute atomic E-state index is 5.96. The number of methoxy groups -OCH3 is 1. The number of rotatable bonds is 8. The van der Waals surface area contributed by atoms with Crippen molar-refractivity contribution in [2.75, 3.05) is 20.3 Å². The molecule has 0 radical (unpaired) electrons. The molecule has 0 saturated heterocycles. The molecule has 0 amide bonds. The van der Waals surface area contributed by atoms with Crippen LogP contribution in [-0.4, -0.2) is 26.4 Å². The van der Waals surface area contributed by atoms with E-state index in [0.29, 0.717) is 25.9 Å². The minimum Gasteiger partial charge on any atom is -0.459 e. The monoisotopic (exact) mass is 275 g/mol. The van der Waals surface area contributed by atoms with E-state index in [9.17, 15) is 0 Å². The maximum atomic E-state index is 5.96. The molecule has 1 saturated carbocycles. The highest BCUT2D eigenvalue weighted by atomic mass is 16.5. The second-order valence-corrected chi connectivity index (χ2v) is 5.20. The van der Waals surface area contributed by atoms with Crippen LogP contribution >= 0.6 is 0 Å². The lowest BCUT2D eigenvalue weighted by Gasteiger charge is -2.06. The molecule has 0 unspecified atom stereocenters. The van der Waals surface area contributed by atoms with Crippen LogP contribution < -0.4 is 5.32 Å². The van der Waals surface area contributed by atoms with Crippen LogP contribution in [0.3, 0.4) is 0 Å². The minimum atomic E-state index is 0.571. The molecule has 108 valence electrons. The lowest BCUT2D eigenvalue weighted by atomic mass is 10.1. The van der Waals surface area contributed by atoms with Crippen LogP contribution in [0, 0.1) is 0 Å². The third kappa shape index (κ3) is 3.20. The molecule has 0 spiro atoms. The Morgan fingerprint density at radius 1 is 1.25 bits per heavy atom. The molecule has 1 fully saturated rings. The summed E-state index contributed by atoms with van der Waals surface area (Å²) in [6.45, 7) is 2.57. The van der Waals surface area contributed by atoms with Crippen molar-refractivity contribution >= 4 is 11.0 Å². The summed E-state index contributed by atoms with van der Waals surface area (Å²) in [5.74, 6) is 0.996. The van der Waals surface area contributed by atoms with E-state index in [0.717, 1.165) is 28.8 Å². The average Bonchev–Trinajstić information content (AvgIpc) is 3.23. The second kappa shape index (κ2) is 6.39. The fraction of sp³-hybridized carbons (Fsp3) is 0.500. The van der Waals surface area contributed by atoms with Crippen LogP contribution in [0.15, 0.2) is 28.7 Å². The van der Waals surface area contributed by atoms with Gasteiger partial charge < -0.3 is 19.2 Å². The van der Waals surface area contributed by atoms with Crippen molar-refractivity contribution in [3.05, 3.63) is 35.6 Å². The summed E-state index contributed by atoms with van der Waals surface area (Å²) in [7, 11) is 1.68. The van der Waals surface area contributed by atoms with E-state index in [-0.39, 0.29) is 0 Å². The number of furan rings is 1. The molecule has 1 aromatic heterocycles. The summed E-state index contributed by atoms with van der Waals surface area (Å²) >= 11 is 0. The Morgan fingerprint density at radius 2 is 2.10 bits per heavy atom. The van der Waals surface area contributed by atoms with Gasteiger partial charge in [-0.3, -0.25) is 0 Å². The van der Waals surface area contributed by atoms with E-state index in [4.69, 9.17) is 13.9 Å². The molecule has 0 atom stereocenters. The van der Waals surface area contributed by atoms with E-state index in [1.165, 1.54) is 12.8 Å². The SMILES string of the molecule is COCCOCc1c(CNC2CC2)oc2ccccc12. The van der Waals surface area contributed by atoms with E-state index < -0.39 is 0 Å². The summed E-state index contributed by atoms with van der Waals surface area (Å²) in [6.07, 6.45) is 2.56. The Labute approximate surface area is 119 Å². The van der Waals surface area contributed by atoms with Gasteiger partial charge in [0.05, 0.1) is 26.4 Å². The predicted octanol–water partition coefficient (Wildman–Crippen LogP) is 2.85. The van der Waals surface area contributed by atoms with Crippen molar-refractivity contribution in [2.24, 2.45) is 0 Å². The van der Waals surface area contributed by atoms with Gasteiger partial charge >= 0.3 is 0 Å². The zero-order valence-electron chi connectivity index (χ0n) is 11.9. The van der Waals surface area contributed by atoms with Crippen molar-refractivity contribution in [3.63, 3.8) is 0 Å². The van der Waals surface area contributed by atoms with Gasteiger partial charge in [0.1, 0.15) is 11.3 Å². The van der Waals surface area contributed by atoms with Crippen LogP contribution in [0.4, 0.5) is 0 Å². The first-order valence-electron chi connectivity index (χ1n) is 7.18. The molecule has 1 aliphatic rings. The van der Waals surface area contributed by atoms with Crippen molar-refractivity contribution in [1.82, 2.24) is 5.32 Å². The maximum Gasteiger partial charge on any atom is 0.134 e. The predicted molar refractivity (Wildman–Crippen MR) is 77.6 cm³/mol. The fourth-order valence-corrected chi connectivity index (χ4v) is 2.29. The highest BCUT2D eigenvalue weighted by Gasteiger charge is 2.22. The summed E-state index contributed by atoms with van der Waals surface area (Å²) < 4.78 is 16.6. The molecular formula is C16H21NO3. The van der Waals surface area contributed by atoms with Gasteiger partial charge in [-0.25, -0.2) is 0 Å². The van der Waals surface area contributed by atoms with Gasteiger partial charge in [0.15, 0.2) is 0 Å². The fourth-order valence-electron chi connectivity index (χ4n) is 2.29. The summed E-state index contributed by atoms with van der Waals surface area (Å²) in [4.78, 5) is 0. The van der Waals surface area contributed by atoms with Crippen molar-refractivity contribution in [3.8, 4) is 0 Å². The Kier molecular flexibility index (Phi) is 4.35. The molecule has 1 N–H and O–H groups in total.